The molecule has 0 radical (unpaired) electrons. The Morgan fingerprint density at radius 3 is 2.50 bits per heavy atom. The highest BCUT2D eigenvalue weighted by Crippen LogP contribution is 2.26. The van der Waals surface area contributed by atoms with Crippen molar-refractivity contribution in [2.75, 3.05) is 25.0 Å². The number of sulfonamides is 1. The monoisotopic (exact) mass is 404 g/mol. The average molecular weight is 405 g/mol. The van der Waals surface area contributed by atoms with Crippen LogP contribution in [0.5, 0.6) is 0 Å². The smallest absolute Gasteiger partial charge is 0.246 e. The molecular weight excluding hydrogens is 380 g/mol. The van der Waals surface area contributed by atoms with Crippen molar-refractivity contribution in [2.45, 2.75) is 37.1 Å². The van der Waals surface area contributed by atoms with Gasteiger partial charge in [0.25, 0.3) is 0 Å². The van der Waals surface area contributed by atoms with Crippen molar-refractivity contribution in [2.24, 2.45) is 7.05 Å². The predicted octanol–water partition coefficient (Wildman–Crippen LogP) is 0.665. The van der Waals surface area contributed by atoms with Gasteiger partial charge in [-0.3, -0.25) is 4.68 Å². The number of fused-ring (bicyclic) bond motifs is 1. The maximum absolute atomic E-state index is 12.7. The predicted molar refractivity (Wildman–Crippen MR) is 104 cm³/mol. The Balaban J connectivity index is 1.52. The van der Waals surface area contributed by atoms with Crippen LogP contribution in [0.4, 0.5) is 5.82 Å². The van der Waals surface area contributed by atoms with E-state index in [-0.39, 0.29) is 16.4 Å². The Morgan fingerprint density at radius 2 is 1.89 bits per heavy atom. The highest BCUT2D eigenvalue weighted by Gasteiger charge is 2.38. The molecule has 0 spiro atoms. The maximum Gasteiger partial charge on any atom is 0.246 e. The van der Waals surface area contributed by atoms with Crippen LogP contribution in [0, 0.1) is 0 Å². The number of likely N-dealkylation sites (N-methyl/N-ethyl adjacent to an activating group) is 1. The molecule has 1 saturated heterocycles. The number of hydrogen-bond acceptors (Lipinski definition) is 7. The molecule has 3 aromatic rings. The van der Waals surface area contributed by atoms with Gasteiger partial charge in [-0.1, -0.05) is 20.8 Å². The third kappa shape index (κ3) is 3.04. The van der Waals surface area contributed by atoms with Crippen LogP contribution in [0.3, 0.4) is 0 Å². The van der Waals surface area contributed by atoms with Crippen LogP contribution in [0.1, 0.15) is 26.6 Å². The van der Waals surface area contributed by atoms with Gasteiger partial charge in [0.2, 0.25) is 10.0 Å². The standard InChI is InChI=1S/C17H24N8O2S/c1-17(2,3)16-20-19-14-6-7-15(21-25(14)16)24-9-12(10-24)23(5)28(26,27)13-8-18-22(4)11-13/h6-8,11-12H,9-10H2,1-5H3. The van der Waals surface area contributed by atoms with Gasteiger partial charge in [0, 0.05) is 38.8 Å². The molecule has 4 rings (SSSR count). The molecular formula is C17H24N8O2S. The minimum Gasteiger partial charge on any atom is -0.352 e. The molecule has 4 heterocycles. The lowest BCUT2D eigenvalue weighted by Crippen LogP contribution is -2.60. The minimum atomic E-state index is -3.56. The quantitative estimate of drug-likeness (QED) is 0.630. The van der Waals surface area contributed by atoms with E-state index in [9.17, 15) is 8.42 Å². The summed E-state index contributed by atoms with van der Waals surface area (Å²) in [6.45, 7) is 7.34. The van der Waals surface area contributed by atoms with Crippen LogP contribution < -0.4 is 4.90 Å². The van der Waals surface area contributed by atoms with E-state index in [1.807, 2.05) is 17.0 Å². The summed E-state index contributed by atoms with van der Waals surface area (Å²) in [7, 11) is -0.251. The van der Waals surface area contributed by atoms with Crippen LogP contribution in [-0.2, 0) is 22.5 Å². The Hall–Kier alpha value is -2.53. The van der Waals surface area contributed by atoms with Crippen molar-refractivity contribution in [3.05, 3.63) is 30.4 Å². The van der Waals surface area contributed by atoms with Gasteiger partial charge >= 0.3 is 0 Å². The van der Waals surface area contributed by atoms with E-state index < -0.39 is 10.0 Å². The van der Waals surface area contributed by atoms with Crippen LogP contribution >= 0.6 is 0 Å². The molecule has 0 saturated carbocycles. The zero-order valence-corrected chi connectivity index (χ0v) is 17.4. The SMILES string of the molecule is CN(C1CN(c2ccc3nnc(C(C)(C)C)n3n2)C1)S(=O)(=O)c1cnn(C)c1. The van der Waals surface area contributed by atoms with Crippen molar-refractivity contribution in [3.63, 3.8) is 0 Å². The first-order chi connectivity index (χ1) is 13.1. The second kappa shape index (κ2) is 6.24. The molecule has 11 heteroatoms. The lowest BCUT2D eigenvalue weighted by atomic mass is 9.96. The molecule has 1 aliphatic rings. The molecule has 28 heavy (non-hydrogen) atoms. The summed E-state index contributed by atoms with van der Waals surface area (Å²) in [5.41, 5.74) is 0.516. The van der Waals surface area contributed by atoms with E-state index in [1.165, 1.54) is 21.4 Å². The van der Waals surface area contributed by atoms with Crippen LogP contribution in [0.2, 0.25) is 0 Å². The number of hydrogen-bond donors (Lipinski definition) is 0. The van der Waals surface area contributed by atoms with E-state index in [0.717, 1.165) is 11.6 Å². The molecule has 0 atom stereocenters. The van der Waals surface area contributed by atoms with Gasteiger partial charge in [0.05, 0.1) is 12.2 Å². The van der Waals surface area contributed by atoms with E-state index in [4.69, 9.17) is 0 Å². The van der Waals surface area contributed by atoms with E-state index in [0.29, 0.717) is 18.7 Å². The number of rotatable bonds is 4. The first-order valence-electron chi connectivity index (χ1n) is 9.02. The van der Waals surface area contributed by atoms with Crippen LogP contribution in [0.15, 0.2) is 29.4 Å². The maximum atomic E-state index is 12.7. The van der Waals surface area contributed by atoms with Crippen molar-refractivity contribution in [3.8, 4) is 0 Å². The largest absolute Gasteiger partial charge is 0.352 e. The van der Waals surface area contributed by atoms with Gasteiger partial charge in [-0.15, -0.1) is 15.3 Å². The summed E-state index contributed by atoms with van der Waals surface area (Å²) < 4.78 is 30.1. The summed E-state index contributed by atoms with van der Waals surface area (Å²) in [5, 5.41) is 17.1. The molecule has 0 bridgehead atoms. The molecule has 150 valence electrons. The third-order valence-electron chi connectivity index (χ3n) is 4.98. The minimum absolute atomic E-state index is 0.120. The van der Waals surface area contributed by atoms with Crippen molar-refractivity contribution >= 4 is 21.5 Å². The molecule has 3 aromatic heterocycles. The number of anilines is 1. The molecule has 10 nitrogen and oxygen atoms in total. The fraction of sp³-hybridized carbons (Fsp3) is 0.529. The van der Waals surface area contributed by atoms with Crippen LogP contribution in [-0.4, -0.2) is 68.5 Å². The fourth-order valence-electron chi connectivity index (χ4n) is 3.18. The second-order valence-corrected chi connectivity index (χ2v) is 10.2. The van der Waals surface area contributed by atoms with Gasteiger partial charge in [-0.05, 0) is 12.1 Å². The number of aromatic nitrogens is 6. The van der Waals surface area contributed by atoms with Crippen molar-refractivity contribution in [1.82, 2.24) is 33.9 Å². The normalized spacial score (nSPS) is 16.1. The zero-order chi connectivity index (χ0) is 20.3. The lowest BCUT2D eigenvalue weighted by Gasteiger charge is -2.43. The summed E-state index contributed by atoms with van der Waals surface area (Å²) in [6, 6.07) is 3.65. The third-order valence-corrected chi connectivity index (χ3v) is 6.84. The van der Waals surface area contributed by atoms with Gasteiger partial charge in [-0.25, -0.2) is 8.42 Å². The summed E-state index contributed by atoms with van der Waals surface area (Å²) in [4.78, 5) is 2.25. The number of nitrogens with zero attached hydrogens (tertiary/aromatic N) is 8. The molecule has 0 aliphatic carbocycles. The second-order valence-electron chi connectivity index (χ2n) is 8.16. The topological polar surface area (TPSA) is 102 Å². The molecule has 1 fully saturated rings. The van der Waals surface area contributed by atoms with Crippen molar-refractivity contribution in [1.29, 1.82) is 0 Å². The average Bonchev–Trinajstić information content (AvgIpc) is 3.19. The number of aryl methyl sites for hydroxylation is 1. The summed E-state index contributed by atoms with van der Waals surface area (Å²) in [5.74, 6) is 1.57. The lowest BCUT2D eigenvalue weighted by molar-refractivity contribution is 0.308. The van der Waals surface area contributed by atoms with Crippen LogP contribution in [0.25, 0.3) is 5.65 Å². The first-order valence-corrected chi connectivity index (χ1v) is 10.5. The van der Waals surface area contributed by atoms with Gasteiger partial charge in [0.15, 0.2) is 11.5 Å². The summed E-state index contributed by atoms with van der Waals surface area (Å²) in [6.07, 6.45) is 2.88. The summed E-state index contributed by atoms with van der Waals surface area (Å²) >= 11 is 0. The van der Waals surface area contributed by atoms with E-state index in [1.54, 1.807) is 18.6 Å². The molecule has 0 amide bonds. The molecule has 1 aliphatic heterocycles. The first kappa shape index (κ1) is 18.8. The highest BCUT2D eigenvalue weighted by atomic mass is 32.2. The Bertz CT molecular complexity index is 1120. The molecule has 0 unspecified atom stereocenters. The molecule has 0 aromatic carbocycles. The highest BCUT2D eigenvalue weighted by molar-refractivity contribution is 7.89. The van der Waals surface area contributed by atoms with Crippen molar-refractivity contribution < 1.29 is 8.42 Å². The Kier molecular flexibility index (Phi) is 4.19. The zero-order valence-electron chi connectivity index (χ0n) is 16.6. The Labute approximate surface area is 163 Å². The molecule has 0 N–H and O–H groups in total. The van der Waals surface area contributed by atoms with Gasteiger partial charge < -0.3 is 4.90 Å². The van der Waals surface area contributed by atoms with E-state index >= 15 is 0 Å². The van der Waals surface area contributed by atoms with Gasteiger partial charge in [-0.2, -0.15) is 13.9 Å². The van der Waals surface area contributed by atoms with Gasteiger partial charge in [0.1, 0.15) is 10.7 Å². The fourth-order valence-corrected chi connectivity index (χ4v) is 4.51. The van der Waals surface area contributed by atoms with E-state index in [2.05, 4.69) is 41.2 Å². The Morgan fingerprint density at radius 1 is 1.18 bits per heavy atom.